The molecule has 0 radical (unpaired) electrons. The van der Waals surface area contributed by atoms with E-state index in [1.54, 1.807) is 0 Å². The highest BCUT2D eigenvalue weighted by Gasteiger charge is 2.37. The third-order valence-corrected chi connectivity index (χ3v) is 12.4. The van der Waals surface area contributed by atoms with Gasteiger partial charge in [-0.25, -0.2) is 0 Å². The second-order valence-electron chi connectivity index (χ2n) is 16.2. The Hall–Kier alpha value is -7.42. The second-order valence-corrected chi connectivity index (χ2v) is 16.2. The zero-order chi connectivity index (χ0) is 39.5. The van der Waals surface area contributed by atoms with Gasteiger partial charge in [-0.1, -0.05) is 172 Å². The second kappa shape index (κ2) is 13.9. The molecule has 1 aromatic heterocycles. The zero-order valence-corrected chi connectivity index (χ0v) is 33.2. The van der Waals surface area contributed by atoms with Crippen LogP contribution in [-0.2, 0) is 5.41 Å². The summed E-state index contributed by atoms with van der Waals surface area (Å²) in [7, 11) is 0. The first-order valence-electron chi connectivity index (χ1n) is 20.5. The Kier molecular flexibility index (Phi) is 8.20. The van der Waals surface area contributed by atoms with E-state index in [2.05, 4.69) is 242 Å². The van der Waals surface area contributed by atoms with E-state index in [0.717, 1.165) is 17.1 Å². The molecule has 0 aliphatic heterocycles. The number of hydrogen-bond donors (Lipinski definition) is 0. The summed E-state index contributed by atoms with van der Waals surface area (Å²) in [6, 6.07) is 79.7. The van der Waals surface area contributed by atoms with Gasteiger partial charge in [0.2, 0.25) is 0 Å². The van der Waals surface area contributed by atoms with Crippen molar-refractivity contribution < 1.29 is 0 Å². The molecule has 11 rings (SSSR count). The summed E-state index contributed by atoms with van der Waals surface area (Å²) in [5, 5.41) is 2.50. The van der Waals surface area contributed by atoms with Gasteiger partial charge in [0.25, 0.3) is 0 Å². The summed E-state index contributed by atoms with van der Waals surface area (Å²) >= 11 is 0. The van der Waals surface area contributed by atoms with E-state index in [1.807, 2.05) is 0 Å². The van der Waals surface area contributed by atoms with Gasteiger partial charge >= 0.3 is 0 Å². The molecule has 0 amide bonds. The van der Waals surface area contributed by atoms with Crippen LogP contribution in [0.3, 0.4) is 0 Å². The molecular weight excluding hydrogens is 713 g/mol. The van der Waals surface area contributed by atoms with Crippen molar-refractivity contribution >= 4 is 38.9 Å². The normalized spacial score (nSPS) is 12.7. The van der Waals surface area contributed by atoms with Gasteiger partial charge in [0.15, 0.2) is 0 Å². The maximum Gasteiger partial charge on any atom is 0.0543 e. The van der Waals surface area contributed by atoms with Crippen LogP contribution in [-0.4, -0.2) is 4.57 Å². The molecule has 0 N–H and O–H groups in total. The molecule has 1 heterocycles. The molecule has 10 aromatic rings. The van der Waals surface area contributed by atoms with Crippen molar-refractivity contribution in [1.29, 1.82) is 0 Å². The van der Waals surface area contributed by atoms with Gasteiger partial charge < -0.3 is 9.47 Å². The van der Waals surface area contributed by atoms with Crippen LogP contribution in [0.1, 0.15) is 25.0 Å². The minimum absolute atomic E-state index is 0.0688. The van der Waals surface area contributed by atoms with E-state index in [4.69, 9.17) is 0 Å². The molecule has 2 nitrogen and oxygen atoms in total. The van der Waals surface area contributed by atoms with Crippen LogP contribution in [0.5, 0.6) is 0 Å². The number of fused-ring (bicyclic) bond motifs is 6. The number of benzene rings is 9. The predicted octanol–water partition coefficient (Wildman–Crippen LogP) is 15.6. The Morgan fingerprint density at radius 3 is 1.56 bits per heavy atom. The van der Waals surface area contributed by atoms with Crippen LogP contribution in [0.4, 0.5) is 17.1 Å². The van der Waals surface area contributed by atoms with Crippen LogP contribution in [0.15, 0.2) is 218 Å². The van der Waals surface area contributed by atoms with E-state index >= 15 is 0 Å². The number of aromatic nitrogens is 1. The first kappa shape index (κ1) is 34.8. The molecule has 280 valence electrons. The number of anilines is 3. The molecule has 0 atom stereocenters. The van der Waals surface area contributed by atoms with Gasteiger partial charge in [0.05, 0.1) is 16.7 Å². The van der Waals surface area contributed by atoms with Crippen molar-refractivity contribution in [2.24, 2.45) is 0 Å². The molecule has 0 spiro atoms. The van der Waals surface area contributed by atoms with Crippen LogP contribution < -0.4 is 4.90 Å². The van der Waals surface area contributed by atoms with Crippen LogP contribution in [0.2, 0.25) is 0 Å². The summed E-state index contributed by atoms with van der Waals surface area (Å²) in [5.41, 5.74) is 19.5. The predicted molar refractivity (Wildman–Crippen MR) is 249 cm³/mol. The third-order valence-electron chi connectivity index (χ3n) is 12.4. The van der Waals surface area contributed by atoms with E-state index in [-0.39, 0.29) is 5.41 Å². The van der Waals surface area contributed by atoms with Gasteiger partial charge in [-0.15, -0.1) is 0 Å². The molecule has 0 bridgehead atoms. The lowest BCUT2D eigenvalue weighted by Crippen LogP contribution is -2.14. The summed E-state index contributed by atoms with van der Waals surface area (Å²) < 4.78 is 2.49. The summed E-state index contributed by atoms with van der Waals surface area (Å²) in [6.07, 6.45) is 0. The molecular formula is C57H42N2. The Balaban J connectivity index is 1.03. The third kappa shape index (κ3) is 5.79. The van der Waals surface area contributed by atoms with Gasteiger partial charge in [0.1, 0.15) is 0 Å². The molecule has 1 aliphatic carbocycles. The Bertz CT molecular complexity index is 3070. The molecule has 9 aromatic carbocycles. The highest BCUT2D eigenvalue weighted by atomic mass is 15.1. The largest absolute Gasteiger partial charge is 0.310 e. The lowest BCUT2D eigenvalue weighted by molar-refractivity contribution is 0.660. The van der Waals surface area contributed by atoms with Crippen molar-refractivity contribution in [3.63, 3.8) is 0 Å². The lowest BCUT2D eigenvalue weighted by Gasteiger charge is -2.26. The van der Waals surface area contributed by atoms with Crippen molar-refractivity contribution in [2.75, 3.05) is 4.90 Å². The van der Waals surface area contributed by atoms with Crippen molar-refractivity contribution in [2.45, 2.75) is 19.3 Å². The molecule has 0 saturated carbocycles. The number of nitrogens with zero attached hydrogens (tertiary/aromatic N) is 2. The van der Waals surface area contributed by atoms with E-state index in [9.17, 15) is 0 Å². The average Bonchev–Trinajstić information content (AvgIpc) is 3.75. The first-order chi connectivity index (χ1) is 29.0. The van der Waals surface area contributed by atoms with Gasteiger partial charge in [0, 0.05) is 38.8 Å². The number of para-hydroxylation sites is 1. The Labute approximate surface area is 345 Å². The van der Waals surface area contributed by atoms with E-state index in [1.165, 1.54) is 83.1 Å². The SMILES string of the molecule is CC1(C)c2ccccc2-c2c(-n3c4ccccc4c4cc(-c5cccc(N(c6ccc(-c7ccccc7)cc6)c6ccc(-c7ccccc7)cc6)c5)ccc43)cccc21. The van der Waals surface area contributed by atoms with Crippen molar-refractivity contribution in [3.8, 4) is 50.2 Å². The smallest absolute Gasteiger partial charge is 0.0543 e. The Morgan fingerprint density at radius 1 is 0.356 bits per heavy atom. The van der Waals surface area contributed by atoms with Crippen LogP contribution in [0, 0.1) is 0 Å². The highest BCUT2D eigenvalue weighted by Crippen LogP contribution is 2.52. The molecule has 1 aliphatic rings. The monoisotopic (exact) mass is 754 g/mol. The van der Waals surface area contributed by atoms with Crippen molar-refractivity contribution in [1.82, 2.24) is 4.57 Å². The fourth-order valence-electron chi connectivity index (χ4n) is 9.47. The topological polar surface area (TPSA) is 8.17 Å². The summed E-state index contributed by atoms with van der Waals surface area (Å²) in [6.45, 7) is 4.71. The molecule has 0 fully saturated rings. The van der Waals surface area contributed by atoms with E-state index < -0.39 is 0 Å². The summed E-state index contributed by atoms with van der Waals surface area (Å²) in [4.78, 5) is 2.37. The quantitative estimate of drug-likeness (QED) is 0.157. The minimum atomic E-state index is -0.0688. The van der Waals surface area contributed by atoms with Gasteiger partial charge in [-0.2, -0.15) is 0 Å². The van der Waals surface area contributed by atoms with Gasteiger partial charge in [-0.05, 0) is 111 Å². The van der Waals surface area contributed by atoms with Gasteiger partial charge in [-0.3, -0.25) is 0 Å². The van der Waals surface area contributed by atoms with Crippen molar-refractivity contribution in [3.05, 3.63) is 230 Å². The number of hydrogen-bond acceptors (Lipinski definition) is 1. The minimum Gasteiger partial charge on any atom is -0.310 e. The number of rotatable bonds is 7. The zero-order valence-electron chi connectivity index (χ0n) is 33.2. The molecule has 2 heteroatoms. The molecule has 59 heavy (non-hydrogen) atoms. The highest BCUT2D eigenvalue weighted by molar-refractivity contribution is 6.11. The average molecular weight is 755 g/mol. The maximum absolute atomic E-state index is 2.49. The van der Waals surface area contributed by atoms with E-state index in [0.29, 0.717) is 0 Å². The maximum atomic E-state index is 2.49. The molecule has 0 unspecified atom stereocenters. The fraction of sp³-hybridized carbons (Fsp3) is 0.0526. The standard InChI is InChI=1S/C57H42N2/c1-57(2)51-23-11-9-22-49(51)56-52(57)24-14-26-55(56)59-53-25-12-10-21-48(53)50-38-44(31-36-54(50)59)43-19-13-20-47(37-43)58(45-32-27-41(28-33-45)39-15-5-3-6-16-39)46-34-29-42(30-35-46)40-17-7-4-8-18-40/h3-38H,1-2H3. The first-order valence-corrected chi connectivity index (χ1v) is 20.5. The lowest BCUT2D eigenvalue weighted by atomic mass is 9.82. The van der Waals surface area contributed by atoms with Crippen LogP contribution >= 0.6 is 0 Å². The van der Waals surface area contributed by atoms with Crippen LogP contribution in [0.25, 0.3) is 72.0 Å². The Morgan fingerprint density at radius 2 is 0.864 bits per heavy atom. The molecule has 0 saturated heterocycles. The fourth-order valence-corrected chi connectivity index (χ4v) is 9.47. The summed E-state index contributed by atoms with van der Waals surface area (Å²) in [5.74, 6) is 0.